The zero-order valence-corrected chi connectivity index (χ0v) is 23.9. The van der Waals surface area contributed by atoms with E-state index in [0.717, 1.165) is 5.56 Å². The summed E-state index contributed by atoms with van der Waals surface area (Å²) >= 11 is 5.81. The molecule has 1 N–H and O–H groups in total. The number of nitrogens with one attached hydrogen (secondary N) is 1. The summed E-state index contributed by atoms with van der Waals surface area (Å²) in [5.41, 5.74) is 1.96. The molecular formula is C27H28ClN5O6S. The minimum absolute atomic E-state index is 0.0843. The number of aryl methyl sites for hydroxylation is 1. The van der Waals surface area contributed by atoms with Crippen molar-refractivity contribution in [1.29, 1.82) is 0 Å². The summed E-state index contributed by atoms with van der Waals surface area (Å²) in [6, 6.07) is 12.2. The lowest BCUT2D eigenvalue weighted by Crippen LogP contribution is -2.17. The normalized spacial score (nSPS) is 12.8. The zero-order chi connectivity index (χ0) is 28.5. The molecule has 0 saturated carbocycles. The lowest BCUT2D eigenvalue weighted by Gasteiger charge is -2.19. The molecule has 5 rings (SSSR count). The molecule has 2 aromatic carbocycles. The molecule has 13 heteroatoms. The maximum absolute atomic E-state index is 13.5. The Bertz CT molecular complexity index is 1620. The predicted molar refractivity (Wildman–Crippen MR) is 149 cm³/mol. The van der Waals surface area contributed by atoms with Crippen molar-refractivity contribution in [3.63, 3.8) is 0 Å². The highest BCUT2D eigenvalue weighted by atomic mass is 35.5. The highest BCUT2D eigenvalue weighted by Crippen LogP contribution is 2.42. The third-order valence-electron chi connectivity index (χ3n) is 6.09. The first-order valence-electron chi connectivity index (χ1n) is 12.3. The third-order valence-corrected chi connectivity index (χ3v) is 7.64. The van der Waals surface area contributed by atoms with Gasteiger partial charge in [0.25, 0.3) is 10.0 Å². The van der Waals surface area contributed by atoms with Crippen LogP contribution in [0.4, 0.5) is 5.82 Å². The van der Waals surface area contributed by atoms with Gasteiger partial charge in [0.15, 0.2) is 11.5 Å². The Morgan fingerprint density at radius 1 is 1.00 bits per heavy atom. The average molecular weight is 586 g/mol. The fraction of sp³-hybridized carbons (Fsp3) is 0.296. The van der Waals surface area contributed by atoms with Crippen molar-refractivity contribution < 1.29 is 27.4 Å². The van der Waals surface area contributed by atoms with Crippen molar-refractivity contribution in [3.05, 3.63) is 65.4 Å². The topological polar surface area (TPSA) is 127 Å². The van der Waals surface area contributed by atoms with Crippen LogP contribution in [0.2, 0.25) is 5.02 Å². The van der Waals surface area contributed by atoms with Gasteiger partial charge < -0.3 is 18.9 Å². The van der Waals surface area contributed by atoms with Crippen molar-refractivity contribution in [1.82, 2.24) is 19.7 Å². The fourth-order valence-electron chi connectivity index (χ4n) is 4.00. The summed E-state index contributed by atoms with van der Waals surface area (Å²) in [5.74, 6) is 1.54. The molecular weight excluding hydrogens is 558 g/mol. The molecule has 0 saturated heterocycles. The Kier molecular flexibility index (Phi) is 7.47. The van der Waals surface area contributed by atoms with E-state index in [1.807, 2.05) is 12.1 Å². The number of rotatable bonds is 9. The lowest BCUT2D eigenvalue weighted by atomic mass is 9.87. The summed E-state index contributed by atoms with van der Waals surface area (Å²) in [5, 5.41) is 4.85. The van der Waals surface area contributed by atoms with Gasteiger partial charge in [-0.25, -0.2) is 23.1 Å². The van der Waals surface area contributed by atoms with Crippen LogP contribution in [-0.2, 0) is 22.5 Å². The van der Waals surface area contributed by atoms with Crippen LogP contribution in [0.1, 0.15) is 26.3 Å². The van der Waals surface area contributed by atoms with E-state index in [1.54, 1.807) is 37.4 Å². The quantitative estimate of drug-likeness (QED) is 0.275. The van der Waals surface area contributed by atoms with Crippen molar-refractivity contribution in [2.75, 3.05) is 24.7 Å². The highest BCUT2D eigenvalue weighted by Gasteiger charge is 2.27. The molecule has 4 aromatic rings. The molecule has 0 unspecified atom stereocenters. The maximum Gasteiger partial charge on any atom is 0.316 e. The Labute approximate surface area is 237 Å². The van der Waals surface area contributed by atoms with E-state index < -0.39 is 10.0 Å². The summed E-state index contributed by atoms with van der Waals surface area (Å²) in [6.07, 6.45) is 2.85. The van der Waals surface area contributed by atoms with Crippen LogP contribution in [-0.4, -0.2) is 48.2 Å². The van der Waals surface area contributed by atoms with Crippen LogP contribution < -0.4 is 23.7 Å². The molecule has 1 aliphatic rings. The second kappa shape index (κ2) is 10.9. The number of halogens is 1. The molecule has 40 heavy (non-hydrogen) atoms. The predicted octanol–water partition coefficient (Wildman–Crippen LogP) is 4.82. The monoisotopic (exact) mass is 585 g/mol. The summed E-state index contributed by atoms with van der Waals surface area (Å²) in [6.45, 7) is 6.50. The van der Waals surface area contributed by atoms with Crippen molar-refractivity contribution in [3.8, 4) is 34.5 Å². The molecule has 2 aromatic heterocycles. The molecule has 0 atom stereocenters. The smallest absolute Gasteiger partial charge is 0.316 e. The minimum Gasteiger partial charge on any atom is -0.472 e. The summed E-state index contributed by atoms with van der Waals surface area (Å²) in [4.78, 5) is 8.09. The van der Waals surface area contributed by atoms with Gasteiger partial charge in [-0.05, 0) is 40.8 Å². The van der Waals surface area contributed by atoms with E-state index in [9.17, 15) is 8.42 Å². The number of nitrogens with zero attached hydrogens (tertiary/aromatic N) is 4. The highest BCUT2D eigenvalue weighted by molar-refractivity contribution is 7.92. The number of hydrogen-bond donors (Lipinski definition) is 1. The molecule has 3 heterocycles. The van der Waals surface area contributed by atoms with Gasteiger partial charge in [-0.2, -0.15) is 0 Å². The van der Waals surface area contributed by atoms with Crippen molar-refractivity contribution >= 4 is 27.4 Å². The van der Waals surface area contributed by atoms with Gasteiger partial charge >= 0.3 is 6.01 Å². The lowest BCUT2D eigenvalue weighted by molar-refractivity contribution is 0.174. The van der Waals surface area contributed by atoms with Crippen molar-refractivity contribution in [2.24, 2.45) is 7.05 Å². The Morgan fingerprint density at radius 2 is 1.68 bits per heavy atom. The van der Waals surface area contributed by atoms with E-state index in [1.165, 1.54) is 17.1 Å². The molecule has 0 bridgehead atoms. The first kappa shape index (κ1) is 27.5. The second-order valence-electron chi connectivity index (χ2n) is 9.98. The van der Waals surface area contributed by atoms with Gasteiger partial charge in [-0.15, -0.1) is 5.10 Å². The molecule has 0 fully saturated rings. The number of ether oxygens (including phenoxy) is 4. The van der Waals surface area contributed by atoms with Crippen LogP contribution in [0.25, 0.3) is 11.1 Å². The standard InChI is InChI=1S/C27H28ClN5O6S/c1-27(2,3)18-6-8-20(9-7-18)40(34,35)32-24-23(17-5-10-21-22(13-17)39-16-38-21)25(31-33(24)4)36-11-12-37-26-29-14-19(28)15-30-26/h5-10,13-15,32H,11-12,16H2,1-4H3. The van der Waals surface area contributed by atoms with E-state index in [-0.39, 0.29) is 48.0 Å². The maximum atomic E-state index is 13.5. The SMILES string of the molecule is Cn1nc(OCCOc2ncc(Cl)cn2)c(-c2ccc3c(c2)OCO3)c1NS(=O)(=O)c1ccc(C(C)(C)C)cc1. The van der Waals surface area contributed by atoms with Crippen LogP contribution in [0, 0.1) is 0 Å². The van der Waals surface area contributed by atoms with Crippen LogP contribution in [0.5, 0.6) is 23.4 Å². The van der Waals surface area contributed by atoms with Crippen LogP contribution in [0.3, 0.4) is 0 Å². The Hall–Kier alpha value is -4.03. The first-order valence-corrected chi connectivity index (χ1v) is 14.2. The fourth-order valence-corrected chi connectivity index (χ4v) is 5.19. The van der Waals surface area contributed by atoms with E-state index in [0.29, 0.717) is 27.6 Å². The van der Waals surface area contributed by atoms with Crippen LogP contribution in [0.15, 0.2) is 59.8 Å². The molecule has 1 aliphatic heterocycles. The molecule has 0 aliphatic carbocycles. The minimum atomic E-state index is -3.97. The summed E-state index contributed by atoms with van der Waals surface area (Å²) in [7, 11) is -2.34. The number of sulfonamides is 1. The second-order valence-corrected chi connectivity index (χ2v) is 12.1. The van der Waals surface area contributed by atoms with Gasteiger partial charge in [-0.3, -0.25) is 4.72 Å². The molecule has 210 valence electrons. The molecule has 0 spiro atoms. The van der Waals surface area contributed by atoms with E-state index >= 15 is 0 Å². The average Bonchev–Trinajstić information content (AvgIpc) is 3.50. The Morgan fingerprint density at radius 3 is 2.38 bits per heavy atom. The number of benzene rings is 2. The number of fused-ring (bicyclic) bond motifs is 1. The molecule has 0 radical (unpaired) electrons. The van der Waals surface area contributed by atoms with Crippen molar-refractivity contribution in [2.45, 2.75) is 31.1 Å². The molecule has 11 nitrogen and oxygen atoms in total. The van der Waals surface area contributed by atoms with Gasteiger partial charge in [0.2, 0.25) is 12.7 Å². The summed E-state index contributed by atoms with van der Waals surface area (Å²) < 4.78 is 53.4. The van der Waals surface area contributed by atoms with Gasteiger partial charge in [-0.1, -0.05) is 50.6 Å². The van der Waals surface area contributed by atoms with E-state index in [4.69, 9.17) is 30.5 Å². The number of anilines is 1. The van der Waals surface area contributed by atoms with Gasteiger partial charge in [0, 0.05) is 7.05 Å². The molecule has 0 amide bonds. The van der Waals surface area contributed by atoms with Crippen LogP contribution >= 0.6 is 11.6 Å². The number of hydrogen-bond acceptors (Lipinski definition) is 9. The largest absolute Gasteiger partial charge is 0.472 e. The first-order chi connectivity index (χ1) is 19.0. The van der Waals surface area contributed by atoms with E-state index in [2.05, 4.69) is 40.6 Å². The number of aromatic nitrogens is 4. The third kappa shape index (κ3) is 5.92. The Balaban J connectivity index is 1.43. The van der Waals surface area contributed by atoms with Gasteiger partial charge in [0.05, 0.1) is 27.9 Å². The zero-order valence-electron chi connectivity index (χ0n) is 22.3. The van der Waals surface area contributed by atoms with Gasteiger partial charge in [0.1, 0.15) is 19.0 Å².